The van der Waals surface area contributed by atoms with E-state index in [4.69, 9.17) is 22.1 Å². The summed E-state index contributed by atoms with van der Waals surface area (Å²) < 4.78 is 19.9. The highest BCUT2D eigenvalue weighted by Gasteiger charge is 2.10. The zero-order chi connectivity index (χ0) is 13.4. The zero-order valence-electron chi connectivity index (χ0n) is 9.56. The molecule has 0 aliphatic carbocycles. The summed E-state index contributed by atoms with van der Waals surface area (Å²) in [5.74, 6) is 0.246. The van der Waals surface area contributed by atoms with Crippen molar-refractivity contribution in [1.29, 1.82) is 0 Å². The Labute approximate surface area is 117 Å². The second kappa shape index (κ2) is 4.68. The number of ether oxygens (including phenoxy) is 1. The number of hydrogen-bond acceptors (Lipinski definition) is 4. The number of fused-ring (bicyclic) bond motifs is 1. The standard InChI is InChI=1S/C13H8ClFN2OS/c14-8-2-1-7(5-9(8)15)18-10-3-4-11-13(12(10)16)17-6-19-11/h1-6H,16H2. The van der Waals surface area contributed by atoms with Crippen molar-refractivity contribution in [3.63, 3.8) is 0 Å². The van der Waals surface area contributed by atoms with Gasteiger partial charge in [-0.2, -0.15) is 0 Å². The van der Waals surface area contributed by atoms with Gasteiger partial charge in [0.2, 0.25) is 0 Å². The minimum Gasteiger partial charge on any atom is -0.455 e. The molecule has 2 aromatic carbocycles. The molecule has 1 aromatic heterocycles. The highest BCUT2D eigenvalue weighted by Crippen LogP contribution is 2.35. The smallest absolute Gasteiger partial charge is 0.152 e. The van der Waals surface area contributed by atoms with Crippen molar-refractivity contribution in [3.05, 3.63) is 46.7 Å². The summed E-state index contributed by atoms with van der Waals surface area (Å²) in [5.41, 5.74) is 8.82. The van der Waals surface area contributed by atoms with Gasteiger partial charge in [-0.1, -0.05) is 11.6 Å². The van der Waals surface area contributed by atoms with Crippen molar-refractivity contribution in [3.8, 4) is 11.5 Å². The molecule has 0 aliphatic heterocycles. The number of hydrogen-bond donors (Lipinski definition) is 1. The maximum Gasteiger partial charge on any atom is 0.152 e. The summed E-state index contributed by atoms with van der Waals surface area (Å²) >= 11 is 7.11. The number of thiazole rings is 1. The molecule has 0 radical (unpaired) electrons. The molecule has 3 aromatic rings. The minimum absolute atomic E-state index is 0.0512. The quantitative estimate of drug-likeness (QED) is 0.710. The first-order valence-corrected chi connectivity index (χ1v) is 6.65. The lowest BCUT2D eigenvalue weighted by Gasteiger charge is -2.09. The normalized spacial score (nSPS) is 10.8. The number of nitrogen functional groups attached to an aromatic ring is 1. The largest absolute Gasteiger partial charge is 0.455 e. The van der Waals surface area contributed by atoms with Gasteiger partial charge >= 0.3 is 0 Å². The van der Waals surface area contributed by atoms with Crippen LogP contribution in [0.3, 0.4) is 0 Å². The van der Waals surface area contributed by atoms with Gasteiger partial charge in [-0.05, 0) is 24.3 Å². The second-order valence-electron chi connectivity index (χ2n) is 3.85. The van der Waals surface area contributed by atoms with E-state index in [1.807, 2.05) is 6.07 Å². The SMILES string of the molecule is Nc1c(Oc2ccc(Cl)c(F)c2)ccc2scnc12. The lowest BCUT2D eigenvalue weighted by atomic mass is 10.2. The topological polar surface area (TPSA) is 48.1 Å². The molecule has 0 amide bonds. The fraction of sp³-hybridized carbons (Fsp3) is 0. The molecule has 2 N–H and O–H groups in total. The Morgan fingerprint density at radius 1 is 1.26 bits per heavy atom. The molecule has 0 atom stereocenters. The first kappa shape index (κ1) is 12.2. The molecular formula is C13H8ClFN2OS. The Hall–Kier alpha value is -1.85. The molecule has 1 heterocycles. The minimum atomic E-state index is -0.535. The molecule has 0 unspecified atom stereocenters. The predicted octanol–water partition coefficient (Wildman–Crippen LogP) is 4.46. The fourth-order valence-corrected chi connectivity index (χ4v) is 2.50. The van der Waals surface area contributed by atoms with Crippen LogP contribution in [0.2, 0.25) is 5.02 Å². The Kier molecular flexibility index (Phi) is 3.00. The third-order valence-electron chi connectivity index (χ3n) is 2.62. The van der Waals surface area contributed by atoms with Gasteiger partial charge in [0.1, 0.15) is 22.8 Å². The van der Waals surface area contributed by atoms with Crippen LogP contribution in [0, 0.1) is 5.82 Å². The number of benzene rings is 2. The summed E-state index contributed by atoms with van der Waals surface area (Å²) in [6, 6.07) is 7.83. The van der Waals surface area contributed by atoms with Crippen molar-refractivity contribution in [2.45, 2.75) is 0 Å². The molecule has 6 heteroatoms. The fourth-order valence-electron chi connectivity index (χ4n) is 1.69. The molecule has 96 valence electrons. The Bertz CT molecular complexity index is 759. The number of halogens is 2. The monoisotopic (exact) mass is 294 g/mol. The second-order valence-corrected chi connectivity index (χ2v) is 5.15. The van der Waals surface area contributed by atoms with Gasteiger partial charge in [0.15, 0.2) is 5.75 Å². The molecule has 0 aliphatic rings. The maximum absolute atomic E-state index is 13.3. The highest BCUT2D eigenvalue weighted by molar-refractivity contribution is 7.16. The van der Waals surface area contributed by atoms with E-state index in [0.29, 0.717) is 22.7 Å². The Morgan fingerprint density at radius 2 is 2.11 bits per heavy atom. The number of rotatable bonds is 2. The van der Waals surface area contributed by atoms with E-state index in [0.717, 1.165) is 4.70 Å². The van der Waals surface area contributed by atoms with Gasteiger partial charge in [-0.25, -0.2) is 9.37 Å². The first-order chi connectivity index (χ1) is 9.15. The highest BCUT2D eigenvalue weighted by atomic mass is 35.5. The van der Waals surface area contributed by atoms with E-state index in [-0.39, 0.29) is 5.02 Å². The van der Waals surface area contributed by atoms with Gasteiger partial charge in [-0.15, -0.1) is 11.3 Å². The molecule has 3 rings (SSSR count). The van der Waals surface area contributed by atoms with E-state index >= 15 is 0 Å². The van der Waals surface area contributed by atoms with Crippen molar-refractivity contribution in [2.24, 2.45) is 0 Å². The van der Waals surface area contributed by atoms with Crippen LogP contribution in [0.4, 0.5) is 10.1 Å². The van der Waals surface area contributed by atoms with Crippen LogP contribution in [0.5, 0.6) is 11.5 Å². The lowest BCUT2D eigenvalue weighted by Crippen LogP contribution is -1.93. The Balaban J connectivity index is 2.00. The summed E-state index contributed by atoms with van der Waals surface area (Å²) in [7, 11) is 0. The van der Waals surface area contributed by atoms with Crippen molar-refractivity contribution < 1.29 is 9.13 Å². The van der Waals surface area contributed by atoms with E-state index in [1.54, 1.807) is 17.6 Å². The van der Waals surface area contributed by atoms with E-state index in [2.05, 4.69) is 4.98 Å². The number of nitrogens with zero attached hydrogens (tertiary/aromatic N) is 1. The molecule has 19 heavy (non-hydrogen) atoms. The van der Waals surface area contributed by atoms with Crippen LogP contribution >= 0.6 is 22.9 Å². The number of anilines is 1. The van der Waals surface area contributed by atoms with Crippen LogP contribution in [0.25, 0.3) is 10.2 Å². The Morgan fingerprint density at radius 3 is 2.89 bits per heavy atom. The summed E-state index contributed by atoms with van der Waals surface area (Å²) in [5, 5.41) is 0.0512. The maximum atomic E-state index is 13.3. The van der Waals surface area contributed by atoms with E-state index in [9.17, 15) is 4.39 Å². The molecule has 0 bridgehead atoms. The van der Waals surface area contributed by atoms with Crippen LogP contribution in [0.15, 0.2) is 35.8 Å². The summed E-state index contributed by atoms with van der Waals surface area (Å²) in [4.78, 5) is 4.17. The van der Waals surface area contributed by atoms with Gasteiger partial charge in [0.05, 0.1) is 15.2 Å². The van der Waals surface area contributed by atoms with Crippen LogP contribution in [0.1, 0.15) is 0 Å². The van der Waals surface area contributed by atoms with Gasteiger partial charge in [0, 0.05) is 6.07 Å². The summed E-state index contributed by atoms with van der Waals surface area (Å²) in [6.07, 6.45) is 0. The van der Waals surface area contributed by atoms with Crippen molar-refractivity contribution in [2.75, 3.05) is 5.73 Å². The zero-order valence-corrected chi connectivity index (χ0v) is 11.1. The van der Waals surface area contributed by atoms with Gasteiger partial charge in [-0.3, -0.25) is 0 Å². The van der Waals surface area contributed by atoms with Crippen LogP contribution < -0.4 is 10.5 Å². The van der Waals surface area contributed by atoms with Crippen LogP contribution in [-0.4, -0.2) is 4.98 Å². The molecule has 0 saturated carbocycles. The molecule has 0 spiro atoms. The average Bonchev–Trinajstić information content (AvgIpc) is 2.86. The predicted molar refractivity (Wildman–Crippen MR) is 75.5 cm³/mol. The van der Waals surface area contributed by atoms with Crippen molar-refractivity contribution in [1.82, 2.24) is 4.98 Å². The van der Waals surface area contributed by atoms with E-state index < -0.39 is 5.82 Å². The molecule has 0 fully saturated rings. The van der Waals surface area contributed by atoms with Gasteiger partial charge in [0.25, 0.3) is 0 Å². The number of nitrogens with two attached hydrogens (primary N) is 1. The van der Waals surface area contributed by atoms with E-state index in [1.165, 1.54) is 23.5 Å². The third kappa shape index (κ3) is 2.22. The molecular weight excluding hydrogens is 287 g/mol. The lowest BCUT2D eigenvalue weighted by molar-refractivity contribution is 0.479. The molecule has 3 nitrogen and oxygen atoms in total. The van der Waals surface area contributed by atoms with Gasteiger partial charge < -0.3 is 10.5 Å². The number of aromatic nitrogens is 1. The van der Waals surface area contributed by atoms with Crippen molar-refractivity contribution >= 4 is 38.8 Å². The first-order valence-electron chi connectivity index (χ1n) is 5.40. The van der Waals surface area contributed by atoms with Crippen LogP contribution in [-0.2, 0) is 0 Å². The summed E-state index contributed by atoms with van der Waals surface area (Å²) in [6.45, 7) is 0. The third-order valence-corrected chi connectivity index (χ3v) is 3.72. The average molecular weight is 295 g/mol. The molecule has 0 saturated heterocycles.